The molecule has 1 aliphatic rings. The summed E-state index contributed by atoms with van der Waals surface area (Å²) in [5.74, 6) is -0.762. The van der Waals surface area contributed by atoms with Gasteiger partial charge in [0.05, 0.1) is 0 Å². The van der Waals surface area contributed by atoms with E-state index < -0.39 is 5.97 Å². The number of hydrogen-bond acceptors (Lipinski definition) is 2. The molecule has 0 spiro atoms. The lowest BCUT2D eigenvalue weighted by Crippen LogP contribution is -2.36. The zero-order valence-corrected chi connectivity index (χ0v) is 7.58. The Hall–Kier alpha value is -0.830. The second kappa shape index (κ2) is 3.72. The number of likely N-dealkylation sites (N-methyl/N-ethyl adjacent to an activating group) is 1. The molecule has 0 aromatic carbocycles. The third-order valence-electron chi connectivity index (χ3n) is 2.45. The van der Waals surface area contributed by atoms with Crippen LogP contribution in [0.3, 0.4) is 0 Å². The fourth-order valence-electron chi connectivity index (χ4n) is 1.53. The van der Waals surface area contributed by atoms with E-state index in [4.69, 9.17) is 5.11 Å². The van der Waals surface area contributed by atoms with Crippen LogP contribution in [0, 0.1) is 0 Å². The minimum absolute atomic E-state index is 0.404. The van der Waals surface area contributed by atoms with Crippen molar-refractivity contribution >= 4 is 5.97 Å². The Bertz CT molecular complexity index is 211. The Morgan fingerprint density at radius 2 is 2.50 bits per heavy atom. The Balaban J connectivity index is 2.66. The van der Waals surface area contributed by atoms with Crippen LogP contribution in [0.1, 0.15) is 19.8 Å². The summed E-state index contributed by atoms with van der Waals surface area (Å²) in [7, 11) is 2.03. The van der Waals surface area contributed by atoms with E-state index in [9.17, 15) is 4.79 Å². The van der Waals surface area contributed by atoms with Crippen molar-refractivity contribution in [1.82, 2.24) is 4.90 Å². The number of carboxylic acid groups (broad SMARTS) is 1. The van der Waals surface area contributed by atoms with E-state index in [-0.39, 0.29) is 0 Å². The molecule has 1 aliphatic heterocycles. The smallest absolute Gasteiger partial charge is 0.331 e. The van der Waals surface area contributed by atoms with E-state index in [1.165, 1.54) is 0 Å². The largest absolute Gasteiger partial charge is 0.478 e. The van der Waals surface area contributed by atoms with Crippen LogP contribution < -0.4 is 0 Å². The Morgan fingerprint density at radius 1 is 1.83 bits per heavy atom. The lowest BCUT2D eigenvalue weighted by atomic mass is 9.99. The van der Waals surface area contributed by atoms with Gasteiger partial charge in [-0.25, -0.2) is 4.79 Å². The van der Waals surface area contributed by atoms with E-state index in [1.54, 1.807) is 6.08 Å². The van der Waals surface area contributed by atoms with Gasteiger partial charge in [0.15, 0.2) is 0 Å². The highest BCUT2D eigenvalue weighted by molar-refractivity contribution is 5.86. The molecule has 1 N–H and O–H groups in total. The number of rotatable bonds is 2. The summed E-state index contributed by atoms with van der Waals surface area (Å²) in [5.41, 5.74) is 0.569. The molecule has 12 heavy (non-hydrogen) atoms. The van der Waals surface area contributed by atoms with Crippen LogP contribution in [-0.2, 0) is 4.79 Å². The molecule has 0 saturated carbocycles. The monoisotopic (exact) mass is 169 g/mol. The van der Waals surface area contributed by atoms with Gasteiger partial charge in [-0.2, -0.15) is 0 Å². The first-order chi connectivity index (χ1) is 5.65. The van der Waals surface area contributed by atoms with E-state index >= 15 is 0 Å². The van der Waals surface area contributed by atoms with Crippen molar-refractivity contribution in [2.45, 2.75) is 25.8 Å². The van der Waals surface area contributed by atoms with E-state index in [2.05, 4.69) is 11.8 Å². The van der Waals surface area contributed by atoms with Crippen molar-refractivity contribution in [3.8, 4) is 0 Å². The number of carboxylic acids is 1. The topological polar surface area (TPSA) is 40.5 Å². The molecule has 0 aliphatic carbocycles. The molecule has 1 heterocycles. The molecule has 1 atom stereocenters. The summed E-state index contributed by atoms with van der Waals surface area (Å²) in [6.07, 6.45) is 3.50. The van der Waals surface area contributed by atoms with Crippen LogP contribution in [0.5, 0.6) is 0 Å². The number of aliphatic carboxylic acids is 1. The molecule has 0 bridgehead atoms. The lowest BCUT2D eigenvalue weighted by molar-refractivity contribution is -0.133. The molecule has 0 radical (unpaired) electrons. The SMILES string of the molecule is CCC1CC(C(=O)O)=CCN1C. The third-order valence-corrected chi connectivity index (χ3v) is 2.45. The summed E-state index contributed by atoms with van der Waals surface area (Å²) in [6, 6.07) is 0.404. The molecule has 0 aromatic heterocycles. The first-order valence-corrected chi connectivity index (χ1v) is 4.27. The zero-order chi connectivity index (χ0) is 9.14. The summed E-state index contributed by atoms with van der Waals surface area (Å²) >= 11 is 0. The average molecular weight is 169 g/mol. The summed E-state index contributed by atoms with van der Waals surface area (Å²) < 4.78 is 0. The molecule has 0 aromatic rings. The van der Waals surface area contributed by atoms with Crippen molar-refractivity contribution in [3.05, 3.63) is 11.6 Å². The minimum Gasteiger partial charge on any atom is -0.478 e. The van der Waals surface area contributed by atoms with Gasteiger partial charge >= 0.3 is 5.97 Å². The average Bonchev–Trinajstić information content (AvgIpc) is 2.05. The lowest BCUT2D eigenvalue weighted by Gasteiger charge is -2.30. The van der Waals surface area contributed by atoms with E-state index in [1.807, 2.05) is 7.05 Å². The molecule has 1 rings (SSSR count). The molecular formula is C9H15NO2. The minimum atomic E-state index is -0.762. The number of carbonyl (C=O) groups is 1. The quantitative estimate of drug-likeness (QED) is 0.673. The van der Waals surface area contributed by atoms with Gasteiger partial charge in [0.1, 0.15) is 0 Å². The van der Waals surface area contributed by atoms with Gasteiger partial charge in [0.25, 0.3) is 0 Å². The van der Waals surface area contributed by atoms with Gasteiger partial charge in [0.2, 0.25) is 0 Å². The summed E-state index contributed by atoms with van der Waals surface area (Å²) in [6.45, 7) is 2.85. The third kappa shape index (κ3) is 1.85. The molecule has 1 unspecified atom stereocenters. The zero-order valence-electron chi connectivity index (χ0n) is 7.58. The predicted octanol–water partition coefficient (Wildman–Crippen LogP) is 1.11. The molecule has 3 nitrogen and oxygen atoms in total. The van der Waals surface area contributed by atoms with Crippen molar-refractivity contribution in [2.24, 2.45) is 0 Å². The second-order valence-electron chi connectivity index (χ2n) is 3.24. The maximum absolute atomic E-state index is 10.6. The standard InChI is InChI=1S/C9H15NO2/c1-3-8-6-7(9(11)12)4-5-10(8)2/h4,8H,3,5-6H2,1-2H3,(H,11,12). The number of nitrogens with zero attached hydrogens (tertiary/aromatic N) is 1. The van der Waals surface area contributed by atoms with Crippen LogP contribution >= 0.6 is 0 Å². The van der Waals surface area contributed by atoms with Crippen LogP contribution in [0.4, 0.5) is 0 Å². The molecular weight excluding hydrogens is 154 g/mol. The highest BCUT2D eigenvalue weighted by Crippen LogP contribution is 2.18. The van der Waals surface area contributed by atoms with Crippen LogP contribution in [0.2, 0.25) is 0 Å². The highest BCUT2D eigenvalue weighted by atomic mass is 16.4. The van der Waals surface area contributed by atoms with E-state index in [0.717, 1.165) is 13.0 Å². The van der Waals surface area contributed by atoms with Crippen molar-refractivity contribution in [3.63, 3.8) is 0 Å². The van der Waals surface area contributed by atoms with Gasteiger partial charge in [0, 0.05) is 18.2 Å². The van der Waals surface area contributed by atoms with Crippen molar-refractivity contribution in [2.75, 3.05) is 13.6 Å². The van der Waals surface area contributed by atoms with Gasteiger partial charge in [-0.05, 0) is 19.9 Å². The first kappa shape index (κ1) is 9.26. The summed E-state index contributed by atoms with van der Waals surface area (Å²) in [4.78, 5) is 12.8. The number of hydrogen-bond donors (Lipinski definition) is 1. The fourth-order valence-corrected chi connectivity index (χ4v) is 1.53. The normalized spacial score (nSPS) is 25.2. The Morgan fingerprint density at radius 3 is 3.00 bits per heavy atom. The van der Waals surface area contributed by atoms with Crippen LogP contribution in [-0.4, -0.2) is 35.6 Å². The second-order valence-corrected chi connectivity index (χ2v) is 3.24. The van der Waals surface area contributed by atoms with E-state index in [0.29, 0.717) is 18.0 Å². The maximum Gasteiger partial charge on any atom is 0.331 e. The molecule has 0 fully saturated rings. The van der Waals surface area contributed by atoms with Gasteiger partial charge in [-0.1, -0.05) is 13.0 Å². The Kier molecular flexibility index (Phi) is 2.87. The summed E-state index contributed by atoms with van der Waals surface area (Å²) in [5, 5.41) is 8.75. The highest BCUT2D eigenvalue weighted by Gasteiger charge is 2.21. The molecule has 0 amide bonds. The Labute approximate surface area is 72.7 Å². The molecule has 0 saturated heterocycles. The first-order valence-electron chi connectivity index (χ1n) is 4.27. The molecule has 3 heteroatoms. The maximum atomic E-state index is 10.6. The fraction of sp³-hybridized carbons (Fsp3) is 0.667. The van der Waals surface area contributed by atoms with Crippen molar-refractivity contribution < 1.29 is 9.90 Å². The molecule has 68 valence electrons. The van der Waals surface area contributed by atoms with Gasteiger partial charge in [-0.15, -0.1) is 0 Å². The van der Waals surface area contributed by atoms with Gasteiger partial charge < -0.3 is 5.11 Å². The van der Waals surface area contributed by atoms with Crippen LogP contribution in [0.15, 0.2) is 11.6 Å². The van der Waals surface area contributed by atoms with Crippen molar-refractivity contribution in [1.29, 1.82) is 0 Å². The predicted molar refractivity (Wildman–Crippen MR) is 47.0 cm³/mol. The van der Waals surface area contributed by atoms with Gasteiger partial charge in [-0.3, -0.25) is 4.90 Å². The van der Waals surface area contributed by atoms with Crippen LogP contribution in [0.25, 0.3) is 0 Å².